The zero-order chi connectivity index (χ0) is 23.3. The molecular formula is C22H31ClN4O4S. The largest absolute Gasteiger partial charge is 0.481 e. The molecule has 1 spiro atoms. The molecule has 0 aromatic carbocycles. The van der Waals surface area contributed by atoms with Gasteiger partial charge in [0, 0.05) is 43.9 Å². The Morgan fingerprint density at radius 1 is 1.25 bits per heavy atom. The molecule has 2 saturated heterocycles. The van der Waals surface area contributed by atoms with Crippen molar-refractivity contribution in [2.75, 3.05) is 39.9 Å². The molecule has 32 heavy (non-hydrogen) atoms. The van der Waals surface area contributed by atoms with Gasteiger partial charge in [0.2, 0.25) is 5.88 Å². The summed E-state index contributed by atoms with van der Waals surface area (Å²) >= 11 is 11.6. The molecule has 2 aliphatic rings. The Morgan fingerprint density at radius 2 is 1.91 bits per heavy atom. The maximum absolute atomic E-state index is 13.0. The molecule has 0 radical (unpaired) electrons. The monoisotopic (exact) mass is 482 g/mol. The Kier molecular flexibility index (Phi) is 8.16. The fourth-order valence-electron chi connectivity index (χ4n) is 4.41. The van der Waals surface area contributed by atoms with Gasteiger partial charge in [0.25, 0.3) is 5.91 Å². The van der Waals surface area contributed by atoms with E-state index in [1.165, 1.54) is 7.11 Å². The second-order valence-electron chi connectivity index (χ2n) is 8.54. The molecule has 1 aromatic rings. The molecule has 0 bridgehead atoms. The van der Waals surface area contributed by atoms with Crippen molar-refractivity contribution in [3.05, 3.63) is 22.8 Å². The van der Waals surface area contributed by atoms with Crippen molar-refractivity contribution < 1.29 is 19.1 Å². The van der Waals surface area contributed by atoms with Crippen LogP contribution in [0.15, 0.2) is 12.1 Å². The van der Waals surface area contributed by atoms with Gasteiger partial charge in [0.1, 0.15) is 5.15 Å². The first-order valence-electron chi connectivity index (χ1n) is 11.0. The summed E-state index contributed by atoms with van der Waals surface area (Å²) in [6.45, 7) is 7.23. The number of hydrogen-bond acceptors (Lipinski definition) is 6. The number of carbonyl (C=O) groups is 2. The number of thiocarbonyl (C=S) groups is 1. The lowest BCUT2D eigenvalue weighted by molar-refractivity contribution is -0.143. The SMILES string of the molecule is CCOC(=O)CC(C)NC(=S)N1CCC2(CCN(C(=O)c3cc(Cl)nc(OC)c3)CC2)C1. The van der Waals surface area contributed by atoms with Crippen molar-refractivity contribution >= 4 is 40.8 Å². The second-order valence-corrected chi connectivity index (χ2v) is 9.32. The summed E-state index contributed by atoms with van der Waals surface area (Å²) in [5, 5.41) is 4.18. The molecule has 3 rings (SSSR count). The maximum Gasteiger partial charge on any atom is 0.307 e. The molecule has 0 saturated carbocycles. The Labute approximate surface area is 199 Å². The van der Waals surface area contributed by atoms with Crippen LogP contribution < -0.4 is 10.1 Å². The van der Waals surface area contributed by atoms with E-state index in [9.17, 15) is 9.59 Å². The highest BCUT2D eigenvalue weighted by Gasteiger charge is 2.42. The van der Waals surface area contributed by atoms with E-state index in [1.807, 2.05) is 11.8 Å². The van der Waals surface area contributed by atoms with Gasteiger partial charge in [-0.1, -0.05) is 11.6 Å². The summed E-state index contributed by atoms with van der Waals surface area (Å²) in [5.41, 5.74) is 0.646. The lowest BCUT2D eigenvalue weighted by atomic mass is 9.77. The quantitative estimate of drug-likeness (QED) is 0.376. The van der Waals surface area contributed by atoms with Gasteiger partial charge in [-0.25, -0.2) is 4.98 Å². The van der Waals surface area contributed by atoms with Crippen LogP contribution in [0.1, 0.15) is 49.9 Å². The number of amides is 1. The van der Waals surface area contributed by atoms with Crippen molar-refractivity contribution in [1.82, 2.24) is 20.1 Å². The van der Waals surface area contributed by atoms with Gasteiger partial charge < -0.3 is 24.6 Å². The lowest BCUT2D eigenvalue weighted by Crippen LogP contribution is -2.47. The molecule has 3 heterocycles. The third-order valence-corrected chi connectivity index (χ3v) is 6.78. The first-order valence-corrected chi connectivity index (χ1v) is 11.8. The smallest absolute Gasteiger partial charge is 0.307 e. The molecule has 2 aliphatic heterocycles. The molecular weight excluding hydrogens is 452 g/mol. The average molecular weight is 483 g/mol. The number of aromatic nitrogens is 1. The summed E-state index contributed by atoms with van der Waals surface area (Å²) in [6, 6.07) is 3.12. The molecule has 1 atom stereocenters. The van der Waals surface area contributed by atoms with E-state index < -0.39 is 0 Å². The van der Waals surface area contributed by atoms with Gasteiger partial charge in [-0.15, -0.1) is 0 Å². The number of nitrogens with one attached hydrogen (secondary N) is 1. The molecule has 1 amide bonds. The number of ether oxygens (including phenoxy) is 2. The van der Waals surface area contributed by atoms with E-state index in [4.69, 9.17) is 33.3 Å². The highest BCUT2D eigenvalue weighted by atomic mass is 35.5. The minimum absolute atomic E-state index is 0.0534. The zero-order valence-electron chi connectivity index (χ0n) is 18.9. The molecule has 8 nitrogen and oxygen atoms in total. The summed E-state index contributed by atoms with van der Waals surface area (Å²) in [6.07, 6.45) is 3.17. The number of nitrogens with zero attached hydrogens (tertiary/aromatic N) is 3. The van der Waals surface area contributed by atoms with Crippen LogP contribution in [-0.4, -0.2) is 77.7 Å². The molecule has 2 fully saturated rings. The van der Waals surface area contributed by atoms with Crippen molar-refractivity contribution in [2.24, 2.45) is 5.41 Å². The first-order chi connectivity index (χ1) is 15.2. The van der Waals surface area contributed by atoms with Gasteiger partial charge in [0.15, 0.2) is 5.11 Å². The molecule has 0 aliphatic carbocycles. The summed E-state index contributed by atoms with van der Waals surface area (Å²) in [7, 11) is 1.50. The predicted molar refractivity (Wildman–Crippen MR) is 126 cm³/mol. The lowest BCUT2D eigenvalue weighted by Gasteiger charge is -2.39. The van der Waals surface area contributed by atoms with Crippen LogP contribution >= 0.6 is 23.8 Å². The number of esters is 1. The normalized spacial score (nSPS) is 18.4. The van der Waals surface area contributed by atoms with E-state index in [1.54, 1.807) is 19.1 Å². The standard InChI is InChI=1S/C22H31ClN4O4S/c1-4-31-19(28)11-15(2)24-21(32)27-10-7-22(14-27)5-8-26(9-6-22)20(29)16-12-17(23)25-18(13-16)30-3/h12-13,15H,4-11,14H2,1-3H3,(H,24,32). The fraction of sp³-hybridized carbons (Fsp3) is 0.636. The summed E-state index contributed by atoms with van der Waals surface area (Å²) < 4.78 is 10.1. The number of rotatable bonds is 6. The topological polar surface area (TPSA) is 84.0 Å². The van der Waals surface area contributed by atoms with Crippen LogP contribution in [0, 0.1) is 5.41 Å². The average Bonchev–Trinajstić information content (AvgIpc) is 3.17. The molecule has 176 valence electrons. The third kappa shape index (κ3) is 6.01. The number of carbonyl (C=O) groups excluding carboxylic acids is 2. The van der Waals surface area contributed by atoms with Gasteiger partial charge in [-0.2, -0.15) is 0 Å². The highest BCUT2D eigenvalue weighted by molar-refractivity contribution is 7.80. The Morgan fingerprint density at radius 3 is 2.53 bits per heavy atom. The van der Waals surface area contributed by atoms with Crippen LogP contribution in [0.3, 0.4) is 0 Å². The fourth-order valence-corrected chi connectivity index (χ4v) is 4.97. The van der Waals surface area contributed by atoms with E-state index in [2.05, 4.69) is 15.2 Å². The summed E-state index contributed by atoms with van der Waals surface area (Å²) in [5.74, 6) is 0.0552. The van der Waals surface area contributed by atoms with E-state index >= 15 is 0 Å². The zero-order valence-corrected chi connectivity index (χ0v) is 20.4. The summed E-state index contributed by atoms with van der Waals surface area (Å²) in [4.78, 5) is 32.7. The van der Waals surface area contributed by atoms with Crippen LogP contribution in [0.4, 0.5) is 0 Å². The Balaban J connectivity index is 1.51. The first kappa shape index (κ1) is 24.5. The predicted octanol–water partition coefficient (Wildman–Crippen LogP) is 2.89. The number of methoxy groups -OCH3 is 1. The van der Waals surface area contributed by atoms with Gasteiger partial charge in [-0.05, 0) is 56.8 Å². The van der Waals surface area contributed by atoms with Crippen molar-refractivity contribution in [1.29, 1.82) is 0 Å². The van der Waals surface area contributed by atoms with Gasteiger partial charge in [-0.3, -0.25) is 9.59 Å². The third-order valence-electron chi connectivity index (χ3n) is 6.21. The van der Waals surface area contributed by atoms with Gasteiger partial charge in [0.05, 0.1) is 20.1 Å². The molecule has 1 aromatic heterocycles. The number of piperidine rings is 1. The Bertz CT molecular complexity index is 860. The van der Waals surface area contributed by atoms with E-state index in [0.29, 0.717) is 36.3 Å². The minimum atomic E-state index is -0.224. The number of pyridine rings is 1. The molecule has 10 heteroatoms. The van der Waals surface area contributed by atoms with Crippen LogP contribution in [-0.2, 0) is 9.53 Å². The number of halogens is 1. The van der Waals surface area contributed by atoms with Crippen LogP contribution in [0.5, 0.6) is 5.88 Å². The highest BCUT2D eigenvalue weighted by Crippen LogP contribution is 2.40. The number of likely N-dealkylation sites (tertiary alicyclic amines) is 2. The van der Waals surface area contributed by atoms with E-state index in [-0.39, 0.29) is 34.9 Å². The van der Waals surface area contributed by atoms with Crippen LogP contribution in [0.25, 0.3) is 0 Å². The number of hydrogen-bond donors (Lipinski definition) is 1. The van der Waals surface area contributed by atoms with Crippen molar-refractivity contribution in [2.45, 2.75) is 45.6 Å². The molecule has 1 unspecified atom stereocenters. The maximum atomic E-state index is 13.0. The van der Waals surface area contributed by atoms with E-state index in [0.717, 1.165) is 32.4 Å². The van der Waals surface area contributed by atoms with Crippen molar-refractivity contribution in [3.63, 3.8) is 0 Å². The van der Waals surface area contributed by atoms with Crippen molar-refractivity contribution in [3.8, 4) is 5.88 Å². The van der Waals surface area contributed by atoms with Gasteiger partial charge >= 0.3 is 5.97 Å². The molecule has 1 N–H and O–H groups in total. The second kappa shape index (κ2) is 10.7. The Hall–Kier alpha value is -2.13. The van der Waals surface area contributed by atoms with Crippen LogP contribution in [0.2, 0.25) is 5.15 Å². The minimum Gasteiger partial charge on any atom is -0.481 e.